The number of hydrogen-bond donors (Lipinski definition) is 0. The first-order valence-electron chi connectivity index (χ1n) is 5.93. The number of halogens is 1. The number of carbonyl (C=O) groups is 1. The standard InChI is InChI=1S/C12H14BrNO3/c13-11-5-4-10(17-11)12(15)14-6-7-16-9-3-1-2-8(9)14/h4-5,8-9H,1-3,6-7H2. The van der Waals surface area contributed by atoms with Gasteiger partial charge in [0.15, 0.2) is 10.4 Å². The van der Waals surface area contributed by atoms with E-state index in [0.717, 1.165) is 19.3 Å². The van der Waals surface area contributed by atoms with E-state index in [2.05, 4.69) is 15.9 Å². The fourth-order valence-electron chi connectivity index (χ4n) is 2.75. The molecule has 2 heterocycles. The van der Waals surface area contributed by atoms with E-state index in [4.69, 9.17) is 9.15 Å². The van der Waals surface area contributed by atoms with E-state index < -0.39 is 0 Å². The van der Waals surface area contributed by atoms with Crippen molar-refractivity contribution < 1.29 is 13.9 Å². The van der Waals surface area contributed by atoms with Gasteiger partial charge in [-0.2, -0.15) is 0 Å². The van der Waals surface area contributed by atoms with Crippen LogP contribution in [-0.2, 0) is 4.74 Å². The summed E-state index contributed by atoms with van der Waals surface area (Å²) >= 11 is 3.22. The Morgan fingerprint density at radius 3 is 3.06 bits per heavy atom. The molecule has 2 atom stereocenters. The Labute approximate surface area is 108 Å². The van der Waals surface area contributed by atoms with Gasteiger partial charge < -0.3 is 14.1 Å². The van der Waals surface area contributed by atoms with Gasteiger partial charge in [0.1, 0.15) is 0 Å². The summed E-state index contributed by atoms with van der Waals surface area (Å²) in [6.45, 7) is 1.30. The van der Waals surface area contributed by atoms with Gasteiger partial charge in [0, 0.05) is 6.54 Å². The van der Waals surface area contributed by atoms with Gasteiger partial charge in [-0.05, 0) is 47.3 Å². The summed E-state index contributed by atoms with van der Waals surface area (Å²) in [4.78, 5) is 14.2. The van der Waals surface area contributed by atoms with Gasteiger partial charge in [-0.1, -0.05) is 0 Å². The van der Waals surface area contributed by atoms with Crippen LogP contribution < -0.4 is 0 Å². The summed E-state index contributed by atoms with van der Waals surface area (Å²) in [5.41, 5.74) is 0. The first-order chi connectivity index (χ1) is 8.25. The number of rotatable bonds is 1. The summed E-state index contributed by atoms with van der Waals surface area (Å²) in [7, 11) is 0. The molecular formula is C12H14BrNO3. The van der Waals surface area contributed by atoms with E-state index in [9.17, 15) is 4.79 Å². The zero-order valence-corrected chi connectivity index (χ0v) is 11.0. The normalized spacial score (nSPS) is 28.2. The van der Waals surface area contributed by atoms with Crippen molar-refractivity contribution in [1.82, 2.24) is 4.90 Å². The number of nitrogens with zero attached hydrogens (tertiary/aromatic N) is 1. The van der Waals surface area contributed by atoms with Crippen molar-refractivity contribution in [3.8, 4) is 0 Å². The van der Waals surface area contributed by atoms with E-state index >= 15 is 0 Å². The Bertz CT molecular complexity index is 431. The van der Waals surface area contributed by atoms with Crippen molar-refractivity contribution in [1.29, 1.82) is 0 Å². The van der Waals surface area contributed by atoms with Crippen molar-refractivity contribution in [3.05, 3.63) is 22.6 Å². The van der Waals surface area contributed by atoms with Gasteiger partial charge >= 0.3 is 0 Å². The highest BCUT2D eigenvalue weighted by Gasteiger charge is 2.39. The fourth-order valence-corrected chi connectivity index (χ4v) is 3.06. The van der Waals surface area contributed by atoms with E-state index in [1.165, 1.54) is 0 Å². The van der Waals surface area contributed by atoms with Crippen LogP contribution in [0, 0.1) is 0 Å². The molecule has 1 aromatic rings. The minimum Gasteiger partial charge on any atom is -0.444 e. The first kappa shape index (κ1) is 11.3. The quantitative estimate of drug-likeness (QED) is 0.800. The second kappa shape index (κ2) is 4.46. The van der Waals surface area contributed by atoms with Gasteiger partial charge in [0.25, 0.3) is 5.91 Å². The molecule has 1 saturated heterocycles. The van der Waals surface area contributed by atoms with E-state index in [1.54, 1.807) is 12.1 Å². The monoisotopic (exact) mass is 299 g/mol. The third-order valence-corrected chi connectivity index (χ3v) is 3.95. The molecule has 2 unspecified atom stereocenters. The smallest absolute Gasteiger partial charge is 0.290 e. The molecule has 0 bridgehead atoms. The maximum Gasteiger partial charge on any atom is 0.290 e. The van der Waals surface area contributed by atoms with Gasteiger partial charge in [0.2, 0.25) is 0 Å². The average molecular weight is 300 g/mol. The minimum absolute atomic E-state index is 0.0177. The molecule has 92 valence electrons. The molecule has 1 amide bonds. The molecule has 0 aromatic carbocycles. The zero-order valence-electron chi connectivity index (χ0n) is 9.39. The van der Waals surface area contributed by atoms with Gasteiger partial charge in [-0.15, -0.1) is 0 Å². The second-order valence-electron chi connectivity index (χ2n) is 4.51. The molecule has 0 N–H and O–H groups in total. The number of amides is 1. The molecule has 4 nitrogen and oxygen atoms in total. The molecule has 5 heteroatoms. The summed E-state index contributed by atoms with van der Waals surface area (Å²) in [5.74, 6) is 0.389. The summed E-state index contributed by atoms with van der Waals surface area (Å²) in [6, 6.07) is 3.70. The lowest BCUT2D eigenvalue weighted by atomic mass is 10.1. The van der Waals surface area contributed by atoms with Crippen LogP contribution in [0.4, 0.5) is 0 Å². The number of furan rings is 1. The summed E-state index contributed by atoms with van der Waals surface area (Å²) in [5, 5.41) is 0. The van der Waals surface area contributed by atoms with Crippen LogP contribution in [0.3, 0.4) is 0 Å². The van der Waals surface area contributed by atoms with Crippen LogP contribution in [0.5, 0.6) is 0 Å². The highest BCUT2D eigenvalue weighted by atomic mass is 79.9. The molecule has 2 fully saturated rings. The SMILES string of the molecule is O=C(c1ccc(Br)o1)N1CCOC2CCCC21. The molecule has 1 saturated carbocycles. The largest absolute Gasteiger partial charge is 0.444 e. The zero-order chi connectivity index (χ0) is 11.8. The number of carbonyl (C=O) groups excluding carboxylic acids is 1. The van der Waals surface area contributed by atoms with E-state index in [1.807, 2.05) is 4.90 Å². The Morgan fingerprint density at radius 1 is 1.41 bits per heavy atom. The van der Waals surface area contributed by atoms with Gasteiger partial charge in [-0.25, -0.2) is 0 Å². The van der Waals surface area contributed by atoms with Gasteiger partial charge in [-0.3, -0.25) is 4.79 Å². The van der Waals surface area contributed by atoms with Crippen LogP contribution >= 0.6 is 15.9 Å². The lowest BCUT2D eigenvalue weighted by molar-refractivity contribution is -0.0454. The highest BCUT2D eigenvalue weighted by Crippen LogP contribution is 2.31. The van der Waals surface area contributed by atoms with Crippen molar-refractivity contribution in [2.24, 2.45) is 0 Å². The molecule has 17 heavy (non-hydrogen) atoms. The number of fused-ring (bicyclic) bond motifs is 1. The maximum atomic E-state index is 12.3. The Hall–Kier alpha value is -0.810. The van der Waals surface area contributed by atoms with Crippen molar-refractivity contribution >= 4 is 21.8 Å². The topological polar surface area (TPSA) is 42.7 Å². The number of hydrogen-bond acceptors (Lipinski definition) is 3. The molecule has 3 rings (SSSR count). The summed E-state index contributed by atoms with van der Waals surface area (Å²) in [6.07, 6.45) is 3.47. The van der Waals surface area contributed by atoms with Crippen molar-refractivity contribution in [2.45, 2.75) is 31.4 Å². The molecule has 1 aliphatic heterocycles. The molecular weight excluding hydrogens is 286 g/mol. The molecule has 1 aromatic heterocycles. The predicted octanol–water partition coefficient (Wildman–Crippen LogP) is 2.44. The van der Waals surface area contributed by atoms with E-state index in [0.29, 0.717) is 23.6 Å². The van der Waals surface area contributed by atoms with Crippen LogP contribution in [0.1, 0.15) is 29.8 Å². The third-order valence-electron chi connectivity index (χ3n) is 3.53. The number of morpholine rings is 1. The predicted molar refractivity (Wildman–Crippen MR) is 64.8 cm³/mol. The third kappa shape index (κ3) is 2.02. The van der Waals surface area contributed by atoms with Crippen LogP contribution in [0.15, 0.2) is 21.2 Å². The Kier molecular flexibility index (Phi) is 2.96. The van der Waals surface area contributed by atoms with Gasteiger partial charge in [0.05, 0.1) is 18.8 Å². The van der Waals surface area contributed by atoms with Crippen LogP contribution in [-0.4, -0.2) is 36.1 Å². The minimum atomic E-state index is -0.0177. The fraction of sp³-hybridized carbons (Fsp3) is 0.583. The second-order valence-corrected chi connectivity index (χ2v) is 5.29. The highest BCUT2D eigenvalue weighted by molar-refractivity contribution is 9.10. The molecule has 0 spiro atoms. The maximum absolute atomic E-state index is 12.3. The van der Waals surface area contributed by atoms with Crippen molar-refractivity contribution in [3.63, 3.8) is 0 Å². The van der Waals surface area contributed by atoms with Crippen LogP contribution in [0.25, 0.3) is 0 Å². The van der Waals surface area contributed by atoms with Crippen LogP contribution in [0.2, 0.25) is 0 Å². The van der Waals surface area contributed by atoms with E-state index in [-0.39, 0.29) is 18.1 Å². The molecule has 1 aliphatic carbocycles. The average Bonchev–Trinajstić information content (AvgIpc) is 2.95. The molecule has 0 radical (unpaired) electrons. The molecule has 2 aliphatic rings. The summed E-state index contributed by atoms with van der Waals surface area (Å²) < 4.78 is 11.6. The lowest BCUT2D eigenvalue weighted by Crippen LogP contribution is -2.51. The Balaban J connectivity index is 1.81. The lowest BCUT2D eigenvalue weighted by Gasteiger charge is -2.37. The van der Waals surface area contributed by atoms with Crippen molar-refractivity contribution in [2.75, 3.05) is 13.2 Å². The Morgan fingerprint density at radius 2 is 2.29 bits per heavy atom. The number of ether oxygens (including phenoxy) is 1. The first-order valence-corrected chi connectivity index (χ1v) is 6.73.